The smallest absolute Gasteiger partial charge is 0.0541 e. The Morgan fingerprint density at radius 3 is 1.15 bits per heavy atom. The van der Waals surface area contributed by atoms with Crippen molar-refractivity contribution in [3.8, 4) is 83.6 Å². The second kappa shape index (κ2) is 19.9. The van der Waals surface area contributed by atoms with Gasteiger partial charge in [-0.3, -0.25) is 0 Å². The molecular weight excluding hydrogens is 1060 g/mol. The molecular formula is C86H62N2. The first-order valence-electron chi connectivity index (χ1n) is 30.9. The first-order valence-corrected chi connectivity index (χ1v) is 30.9. The molecule has 416 valence electrons. The van der Waals surface area contributed by atoms with Crippen molar-refractivity contribution < 1.29 is 0 Å². The zero-order chi connectivity index (χ0) is 58.8. The van der Waals surface area contributed by atoms with Crippen LogP contribution in [0.15, 0.2) is 303 Å². The lowest BCUT2D eigenvalue weighted by molar-refractivity contribution is 0.660. The van der Waals surface area contributed by atoms with Crippen LogP contribution in [0.3, 0.4) is 0 Å². The van der Waals surface area contributed by atoms with Crippen LogP contribution in [0.4, 0.5) is 17.1 Å². The van der Waals surface area contributed by atoms with Gasteiger partial charge in [-0.1, -0.05) is 264 Å². The van der Waals surface area contributed by atoms with E-state index in [1.165, 1.54) is 132 Å². The van der Waals surface area contributed by atoms with Crippen molar-refractivity contribution in [1.82, 2.24) is 4.57 Å². The fourth-order valence-corrected chi connectivity index (χ4v) is 15.3. The Morgan fingerprint density at radius 2 is 0.614 bits per heavy atom. The highest BCUT2D eigenvalue weighted by atomic mass is 15.1. The van der Waals surface area contributed by atoms with Gasteiger partial charge in [0, 0.05) is 44.2 Å². The van der Waals surface area contributed by atoms with Gasteiger partial charge in [0.2, 0.25) is 0 Å². The zero-order valence-electron chi connectivity index (χ0n) is 49.8. The maximum absolute atomic E-state index is 2.51. The zero-order valence-corrected chi connectivity index (χ0v) is 49.8. The third-order valence-electron chi connectivity index (χ3n) is 19.6. The van der Waals surface area contributed by atoms with Gasteiger partial charge < -0.3 is 9.47 Å². The number of benzene rings is 14. The minimum Gasteiger partial charge on any atom is -0.310 e. The van der Waals surface area contributed by atoms with E-state index >= 15 is 0 Å². The van der Waals surface area contributed by atoms with Gasteiger partial charge in [-0.05, 0) is 183 Å². The topological polar surface area (TPSA) is 8.17 Å². The van der Waals surface area contributed by atoms with Crippen molar-refractivity contribution in [3.63, 3.8) is 0 Å². The minimum atomic E-state index is -0.182. The Hall–Kier alpha value is -10.8. The molecule has 0 aliphatic heterocycles. The number of rotatable bonds is 9. The lowest BCUT2D eigenvalue weighted by atomic mass is 9.81. The average Bonchev–Trinajstić information content (AvgIpc) is 1.72. The van der Waals surface area contributed by atoms with Gasteiger partial charge >= 0.3 is 0 Å². The lowest BCUT2D eigenvalue weighted by Crippen LogP contribution is -2.15. The molecule has 88 heavy (non-hydrogen) atoms. The van der Waals surface area contributed by atoms with Crippen LogP contribution in [0.5, 0.6) is 0 Å². The number of fused-ring (bicyclic) bond motifs is 11. The summed E-state index contributed by atoms with van der Waals surface area (Å²) in [7, 11) is 0. The van der Waals surface area contributed by atoms with E-state index in [-0.39, 0.29) is 10.8 Å². The molecule has 0 saturated heterocycles. The predicted molar refractivity (Wildman–Crippen MR) is 373 cm³/mol. The second-order valence-corrected chi connectivity index (χ2v) is 25.1. The standard InChI is InChI=1S/C86H62N2/c1-85(2)78-37-14-9-31-70(78)72-46-42-58(51-80(72)85)76-53-61(44-48-68(76)66-35-20-24-55-22-5-7-28-63(55)66)87(60-27-19-26-57(50-60)65-30-11-16-39-82(65)88-83-40-17-12-33-74(83)75-34-13-18-41-84(75)88)62-45-49-69(67-36-21-25-56-23-6-8-29-64(56)67)77(54-62)59-43-47-73-71-32-10-15-38-79(71)86(3,4)81(73)52-59/h5-54H,1-4H3. The highest BCUT2D eigenvalue weighted by Crippen LogP contribution is 2.54. The summed E-state index contributed by atoms with van der Waals surface area (Å²) in [6.07, 6.45) is 0. The molecule has 0 bridgehead atoms. The summed E-state index contributed by atoms with van der Waals surface area (Å²) in [6.45, 7) is 9.55. The molecule has 0 radical (unpaired) electrons. The van der Waals surface area contributed by atoms with E-state index in [1.54, 1.807) is 0 Å². The van der Waals surface area contributed by atoms with Crippen LogP contribution in [-0.4, -0.2) is 4.57 Å². The fraction of sp³-hybridized carbons (Fsp3) is 0.0698. The molecule has 0 amide bonds. The highest BCUT2D eigenvalue weighted by Gasteiger charge is 2.37. The Labute approximate surface area is 514 Å². The molecule has 2 aliphatic carbocycles. The number of hydrogen-bond acceptors (Lipinski definition) is 1. The van der Waals surface area contributed by atoms with E-state index in [1.807, 2.05) is 0 Å². The van der Waals surface area contributed by atoms with E-state index in [0.717, 1.165) is 33.9 Å². The molecule has 2 aliphatic rings. The van der Waals surface area contributed by atoms with E-state index in [9.17, 15) is 0 Å². The molecule has 0 unspecified atom stereocenters. The Morgan fingerprint density at radius 1 is 0.239 bits per heavy atom. The van der Waals surface area contributed by atoms with E-state index < -0.39 is 0 Å². The van der Waals surface area contributed by atoms with Crippen LogP contribution in [0.25, 0.3) is 127 Å². The number of para-hydroxylation sites is 3. The van der Waals surface area contributed by atoms with Crippen molar-refractivity contribution in [2.24, 2.45) is 0 Å². The van der Waals surface area contributed by atoms with E-state index in [4.69, 9.17) is 0 Å². The van der Waals surface area contributed by atoms with Crippen LogP contribution >= 0.6 is 0 Å². The largest absolute Gasteiger partial charge is 0.310 e. The summed E-state index contributed by atoms with van der Waals surface area (Å²) in [5.41, 5.74) is 28.8. The summed E-state index contributed by atoms with van der Waals surface area (Å²) in [5.74, 6) is 0. The van der Waals surface area contributed by atoms with Gasteiger partial charge in [0.1, 0.15) is 0 Å². The molecule has 15 aromatic rings. The molecule has 14 aromatic carbocycles. The van der Waals surface area contributed by atoms with Crippen LogP contribution < -0.4 is 4.90 Å². The molecule has 0 N–H and O–H groups in total. The monoisotopic (exact) mass is 1120 g/mol. The Bertz CT molecular complexity index is 5060. The van der Waals surface area contributed by atoms with Crippen LogP contribution in [-0.2, 0) is 10.8 Å². The summed E-state index contributed by atoms with van der Waals surface area (Å²) >= 11 is 0. The summed E-state index contributed by atoms with van der Waals surface area (Å²) < 4.78 is 2.45. The average molecular weight is 1120 g/mol. The van der Waals surface area contributed by atoms with Gasteiger partial charge in [0.05, 0.1) is 16.7 Å². The normalized spacial score (nSPS) is 13.4. The minimum absolute atomic E-state index is 0.182. The number of nitrogens with zero attached hydrogens (tertiary/aromatic N) is 2. The summed E-state index contributed by atoms with van der Waals surface area (Å²) in [6, 6.07) is 114. The highest BCUT2D eigenvalue weighted by molar-refractivity contribution is 6.10. The molecule has 1 heterocycles. The van der Waals surface area contributed by atoms with E-state index in [0.29, 0.717) is 0 Å². The first kappa shape index (κ1) is 51.6. The third kappa shape index (κ3) is 7.95. The van der Waals surface area contributed by atoms with Crippen molar-refractivity contribution in [2.75, 3.05) is 4.90 Å². The molecule has 1 aromatic heterocycles. The molecule has 17 rings (SSSR count). The maximum Gasteiger partial charge on any atom is 0.0541 e. The van der Waals surface area contributed by atoms with Crippen molar-refractivity contribution >= 4 is 60.4 Å². The van der Waals surface area contributed by atoms with Crippen LogP contribution in [0.1, 0.15) is 49.9 Å². The molecule has 0 fully saturated rings. The van der Waals surface area contributed by atoms with Crippen LogP contribution in [0.2, 0.25) is 0 Å². The molecule has 0 atom stereocenters. The van der Waals surface area contributed by atoms with Gasteiger partial charge in [-0.25, -0.2) is 0 Å². The van der Waals surface area contributed by atoms with Crippen LogP contribution in [0, 0.1) is 0 Å². The Kier molecular flexibility index (Phi) is 11.7. The first-order chi connectivity index (χ1) is 43.2. The number of anilines is 3. The van der Waals surface area contributed by atoms with Gasteiger partial charge in [-0.2, -0.15) is 0 Å². The van der Waals surface area contributed by atoms with Gasteiger partial charge in [0.25, 0.3) is 0 Å². The number of aromatic nitrogens is 1. The van der Waals surface area contributed by atoms with Gasteiger partial charge in [-0.15, -0.1) is 0 Å². The maximum atomic E-state index is 2.51. The lowest BCUT2D eigenvalue weighted by Gasteiger charge is -2.29. The second-order valence-electron chi connectivity index (χ2n) is 25.1. The predicted octanol–water partition coefficient (Wildman–Crippen LogP) is 23.5. The van der Waals surface area contributed by atoms with Crippen molar-refractivity contribution in [2.45, 2.75) is 38.5 Å². The molecule has 0 saturated carbocycles. The summed E-state index contributed by atoms with van der Waals surface area (Å²) in [4.78, 5) is 2.51. The summed E-state index contributed by atoms with van der Waals surface area (Å²) in [5, 5.41) is 7.38. The van der Waals surface area contributed by atoms with E-state index in [2.05, 4.69) is 340 Å². The third-order valence-corrected chi connectivity index (χ3v) is 19.6. The molecule has 2 nitrogen and oxygen atoms in total. The molecule has 2 heteroatoms. The van der Waals surface area contributed by atoms with Crippen molar-refractivity contribution in [3.05, 3.63) is 326 Å². The quantitative estimate of drug-likeness (QED) is 0.140. The van der Waals surface area contributed by atoms with Gasteiger partial charge in [0.15, 0.2) is 0 Å². The molecule has 0 spiro atoms. The Balaban J connectivity index is 0.922. The SMILES string of the molecule is CC1(C)c2ccccc2-c2ccc(-c3cc(N(c4cccc(-c5ccccc5-n5c6ccccc6c6ccccc65)c4)c4ccc(-c5cccc6ccccc56)c(-c5ccc6c(c5)C(C)(C)c5ccccc5-6)c4)ccc3-c3cccc4ccccc34)cc21. The fourth-order valence-electron chi connectivity index (χ4n) is 15.3. The number of hydrogen-bond donors (Lipinski definition) is 0. The van der Waals surface area contributed by atoms with Crippen molar-refractivity contribution in [1.29, 1.82) is 0 Å².